The highest BCUT2D eigenvalue weighted by Gasteiger charge is 2.07. The predicted molar refractivity (Wildman–Crippen MR) is 23.4 cm³/mol. The summed E-state index contributed by atoms with van der Waals surface area (Å²) in [4.78, 5) is 0. The van der Waals surface area contributed by atoms with Crippen molar-refractivity contribution >= 4 is 8.03 Å². The van der Waals surface area contributed by atoms with Gasteiger partial charge in [-0.05, 0) is 11.5 Å². The largest absolute Gasteiger partial charge is 0.526 e. The Bertz CT molecular complexity index is 49.5. The molecule has 0 aromatic heterocycles. The standard InChI is InChI=1S/C2H7NO2P/c1-2-6(4)5-3/h2-3H2,1H3/q+1. The lowest BCUT2D eigenvalue weighted by atomic mass is 11.0. The molecular formula is C2H7NO2P+. The maximum absolute atomic E-state index is 9.98. The summed E-state index contributed by atoms with van der Waals surface area (Å²) in [6.07, 6.45) is 0.492. The SMILES string of the molecule is CC[P+](=O)ON. The van der Waals surface area contributed by atoms with Crippen molar-refractivity contribution in [1.29, 1.82) is 0 Å². The van der Waals surface area contributed by atoms with Crippen molar-refractivity contribution in [3.8, 4) is 0 Å². The molecule has 1 unspecified atom stereocenters. The highest BCUT2D eigenvalue weighted by molar-refractivity contribution is 7.38. The first kappa shape index (κ1) is 6.02. The van der Waals surface area contributed by atoms with Gasteiger partial charge in [0.1, 0.15) is 0 Å². The fraction of sp³-hybridized carbons (Fsp3) is 1.00. The van der Waals surface area contributed by atoms with Gasteiger partial charge in [0, 0.05) is 0 Å². The van der Waals surface area contributed by atoms with Crippen molar-refractivity contribution in [1.82, 2.24) is 0 Å². The Kier molecular flexibility index (Phi) is 3.23. The van der Waals surface area contributed by atoms with Gasteiger partial charge in [-0.3, -0.25) is 0 Å². The van der Waals surface area contributed by atoms with E-state index >= 15 is 0 Å². The maximum atomic E-state index is 9.98. The zero-order valence-electron chi connectivity index (χ0n) is 3.55. The lowest BCUT2D eigenvalue weighted by molar-refractivity contribution is 0.346. The van der Waals surface area contributed by atoms with Crippen LogP contribution in [0.15, 0.2) is 0 Å². The van der Waals surface area contributed by atoms with E-state index in [1.165, 1.54) is 0 Å². The van der Waals surface area contributed by atoms with Crippen LogP contribution in [0, 0.1) is 0 Å². The van der Waals surface area contributed by atoms with Crippen LogP contribution in [-0.4, -0.2) is 6.16 Å². The summed E-state index contributed by atoms with van der Waals surface area (Å²) in [6, 6.07) is 0. The molecule has 4 heteroatoms. The number of hydrogen-bond donors (Lipinski definition) is 1. The van der Waals surface area contributed by atoms with Gasteiger partial charge in [-0.2, -0.15) is 5.90 Å². The monoisotopic (exact) mass is 108 g/mol. The lowest BCUT2D eigenvalue weighted by Crippen LogP contribution is -1.87. The molecule has 0 spiro atoms. The molecule has 0 rings (SSSR count). The van der Waals surface area contributed by atoms with Crippen molar-refractivity contribution in [2.75, 3.05) is 6.16 Å². The van der Waals surface area contributed by atoms with E-state index in [1.54, 1.807) is 6.92 Å². The second-order valence-electron chi connectivity index (χ2n) is 0.754. The Labute approximate surface area is 37.3 Å². The molecule has 6 heavy (non-hydrogen) atoms. The molecule has 0 bridgehead atoms. The van der Waals surface area contributed by atoms with Crippen LogP contribution in [0.2, 0.25) is 0 Å². The molecule has 0 heterocycles. The molecule has 0 saturated carbocycles. The van der Waals surface area contributed by atoms with Crippen molar-refractivity contribution in [2.45, 2.75) is 6.92 Å². The number of rotatable bonds is 2. The Morgan fingerprint density at radius 3 is 2.50 bits per heavy atom. The first-order chi connectivity index (χ1) is 2.81. The van der Waals surface area contributed by atoms with Crippen LogP contribution in [-0.2, 0) is 9.19 Å². The van der Waals surface area contributed by atoms with Gasteiger partial charge in [0.2, 0.25) is 0 Å². The quantitative estimate of drug-likeness (QED) is 0.417. The molecule has 0 aromatic rings. The Hall–Kier alpha value is 0.0200. The minimum atomic E-state index is -1.55. The Morgan fingerprint density at radius 1 is 2.00 bits per heavy atom. The van der Waals surface area contributed by atoms with Crippen LogP contribution in [0.5, 0.6) is 0 Å². The summed E-state index contributed by atoms with van der Waals surface area (Å²) < 4.78 is 13.9. The fourth-order valence-corrected chi connectivity index (χ4v) is 0.224. The van der Waals surface area contributed by atoms with E-state index < -0.39 is 8.03 Å². The molecule has 0 aromatic carbocycles. The van der Waals surface area contributed by atoms with E-state index in [0.29, 0.717) is 6.16 Å². The van der Waals surface area contributed by atoms with Gasteiger partial charge in [-0.1, -0.05) is 4.62 Å². The molecule has 36 valence electrons. The van der Waals surface area contributed by atoms with Crippen LogP contribution >= 0.6 is 8.03 Å². The topological polar surface area (TPSA) is 52.3 Å². The molecule has 2 N–H and O–H groups in total. The van der Waals surface area contributed by atoms with Gasteiger partial charge in [0.15, 0.2) is 6.16 Å². The second-order valence-corrected chi connectivity index (χ2v) is 2.26. The van der Waals surface area contributed by atoms with E-state index in [2.05, 4.69) is 10.5 Å². The molecule has 0 saturated heterocycles. The third kappa shape index (κ3) is 2.27. The summed E-state index contributed by atoms with van der Waals surface area (Å²) in [7, 11) is -1.55. The van der Waals surface area contributed by atoms with Gasteiger partial charge >= 0.3 is 8.03 Å². The van der Waals surface area contributed by atoms with E-state index in [1.807, 2.05) is 0 Å². The van der Waals surface area contributed by atoms with E-state index in [9.17, 15) is 4.57 Å². The van der Waals surface area contributed by atoms with E-state index in [-0.39, 0.29) is 0 Å². The average Bonchev–Trinajstić information content (AvgIpc) is 1.65. The predicted octanol–water partition coefficient (Wildman–Crippen LogP) is 0.639. The van der Waals surface area contributed by atoms with E-state index in [4.69, 9.17) is 0 Å². The van der Waals surface area contributed by atoms with Crippen molar-refractivity contribution in [3.63, 3.8) is 0 Å². The minimum Gasteiger partial charge on any atom is -0.164 e. The highest BCUT2D eigenvalue weighted by Crippen LogP contribution is 2.15. The zero-order chi connectivity index (χ0) is 4.99. The van der Waals surface area contributed by atoms with Crippen LogP contribution in [0.3, 0.4) is 0 Å². The summed E-state index contributed by atoms with van der Waals surface area (Å²) in [6.45, 7) is 1.74. The highest BCUT2D eigenvalue weighted by atomic mass is 31.1. The Balaban J connectivity index is 2.99. The fourth-order valence-electron chi connectivity index (χ4n) is 0.0745. The molecular weight excluding hydrogens is 101 g/mol. The van der Waals surface area contributed by atoms with Gasteiger partial charge in [-0.25, -0.2) is 0 Å². The van der Waals surface area contributed by atoms with Gasteiger partial charge in [-0.15, -0.1) is 0 Å². The van der Waals surface area contributed by atoms with Crippen LogP contribution < -0.4 is 5.90 Å². The van der Waals surface area contributed by atoms with Crippen molar-refractivity contribution in [3.05, 3.63) is 0 Å². The molecule has 0 aliphatic heterocycles. The summed E-state index contributed by atoms with van der Waals surface area (Å²) in [5, 5.41) is 0. The molecule has 0 fully saturated rings. The third-order valence-electron chi connectivity index (χ3n) is 0.376. The molecule has 3 nitrogen and oxygen atoms in total. The minimum absolute atomic E-state index is 0.492. The molecule has 0 aliphatic rings. The van der Waals surface area contributed by atoms with Crippen molar-refractivity contribution in [2.24, 2.45) is 5.90 Å². The summed E-state index contributed by atoms with van der Waals surface area (Å²) in [5.41, 5.74) is 0. The summed E-state index contributed by atoms with van der Waals surface area (Å²) in [5.74, 6) is 4.50. The molecule has 0 amide bonds. The molecule has 0 radical (unpaired) electrons. The zero-order valence-corrected chi connectivity index (χ0v) is 4.44. The first-order valence-electron chi connectivity index (χ1n) is 1.62. The average molecular weight is 108 g/mol. The molecule has 1 atom stereocenters. The van der Waals surface area contributed by atoms with E-state index in [0.717, 1.165) is 0 Å². The van der Waals surface area contributed by atoms with Crippen LogP contribution in [0.25, 0.3) is 0 Å². The summed E-state index contributed by atoms with van der Waals surface area (Å²) >= 11 is 0. The first-order valence-corrected chi connectivity index (χ1v) is 2.99. The van der Waals surface area contributed by atoms with Crippen LogP contribution in [0.1, 0.15) is 6.92 Å². The lowest BCUT2D eigenvalue weighted by Gasteiger charge is -1.66. The Morgan fingerprint density at radius 2 is 2.50 bits per heavy atom. The third-order valence-corrected chi connectivity index (χ3v) is 1.13. The smallest absolute Gasteiger partial charge is 0.164 e. The van der Waals surface area contributed by atoms with Gasteiger partial charge in [0.05, 0.1) is 0 Å². The molecule has 0 aliphatic carbocycles. The van der Waals surface area contributed by atoms with Gasteiger partial charge in [0.25, 0.3) is 0 Å². The normalized spacial score (nSPS) is 11.3. The van der Waals surface area contributed by atoms with Crippen LogP contribution in [0.4, 0.5) is 0 Å². The number of nitrogens with two attached hydrogens (primary N) is 1. The van der Waals surface area contributed by atoms with Gasteiger partial charge < -0.3 is 0 Å². The van der Waals surface area contributed by atoms with Crippen molar-refractivity contribution < 1.29 is 9.19 Å². The number of hydrogen-bond acceptors (Lipinski definition) is 3. The maximum Gasteiger partial charge on any atom is 0.526 e. The second kappa shape index (κ2) is 3.22.